The summed E-state index contributed by atoms with van der Waals surface area (Å²) in [5, 5.41) is 3.86. The van der Waals surface area contributed by atoms with E-state index in [-0.39, 0.29) is 0 Å². The molecule has 0 bridgehead atoms. The Morgan fingerprint density at radius 2 is 1.67 bits per heavy atom. The number of hydrogen-bond donors (Lipinski definition) is 1. The van der Waals surface area contributed by atoms with Gasteiger partial charge in [0.1, 0.15) is 0 Å². The van der Waals surface area contributed by atoms with Crippen LogP contribution < -0.4 is 5.32 Å². The lowest BCUT2D eigenvalue weighted by molar-refractivity contribution is 0.509. The highest BCUT2D eigenvalue weighted by molar-refractivity contribution is 8.00. The van der Waals surface area contributed by atoms with Crippen molar-refractivity contribution in [1.29, 1.82) is 0 Å². The Morgan fingerprint density at radius 3 is 2.24 bits per heavy atom. The summed E-state index contributed by atoms with van der Waals surface area (Å²) in [6.45, 7) is 3.50. The third kappa shape index (κ3) is 2.31. The molecule has 0 radical (unpaired) electrons. The van der Waals surface area contributed by atoms with E-state index >= 15 is 0 Å². The van der Waals surface area contributed by atoms with Crippen LogP contribution in [0.15, 0.2) is 48.5 Å². The van der Waals surface area contributed by atoms with Gasteiger partial charge in [-0.15, -0.1) is 0 Å². The van der Waals surface area contributed by atoms with E-state index in [0.717, 1.165) is 6.54 Å². The number of rotatable bonds is 3. The summed E-state index contributed by atoms with van der Waals surface area (Å²) in [6, 6.07) is 18.0. The van der Waals surface area contributed by atoms with Crippen LogP contribution in [-0.2, 0) is 0 Å². The highest BCUT2D eigenvalue weighted by Gasteiger charge is 2.33. The molecule has 1 N–H and O–H groups in total. The summed E-state index contributed by atoms with van der Waals surface area (Å²) in [5.41, 5.74) is 5.67. The van der Waals surface area contributed by atoms with Gasteiger partial charge in [0.2, 0.25) is 0 Å². The predicted molar refractivity (Wildman–Crippen MR) is 91.8 cm³/mol. The van der Waals surface area contributed by atoms with Crippen molar-refractivity contribution < 1.29 is 0 Å². The van der Waals surface area contributed by atoms with Crippen LogP contribution in [-0.4, -0.2) is 17.0 Å². The first-order valence-electron chi connectivity index (χ1n) is 7.82. The van der Waals surface area contributed by atoms with Crippen molar-refractivity contribution in [3.63, 3.8) is 0 Å². The Balaban J connectivity index is 1.65. The molecule has 1 nitrogen and oxygen atoms in total. The van der Waals surface area contributed by atoms with Crippen LogP contribution in [0.25, 0.3) is 11.1 Å². The molecule has 2 aromatic rings. The van der Waals surface area contributed by atoms with E-state index in [2.05, 4.69) is 72.5 Å². The van der Waals surface area contributed by atoms with Gasteiger partial charge in [0.15, 0.2) is 0 Å². The average molecular weight is 295 g/mol. The van der Waals surface area contributed by atoms with Gasteiger partial charge in [-0.25, -0.2) is 0 Å². The van der Waals surface area contributed by atoms with Gasteiger partial charge in [-0.2, -0.15) is 11.8 Å². The highest BCUT2D eigenvalue weighted by Crippen LogP contribution is 2.44. The van der Waals surface area contributed by atoms with Crippen molar-refractivity contribution in [2.24, 2.45) is 0 Å². The van der Waals surface area contributed by atoms with Crippen LogP contribution in [0.2, 0.25) is 0 Å². The molecule has 1 fully saturated rings. The standard InChI is InChI=1S/C19H21NS/c1-19(11-6-12-21-19)13-20-18-16-9-4-2-7-14(16)15-8-3-5-10-17(15)18/h2-5,7-10,18,20H,6,11-13H2,1H3. The first-order chi connectivity index (χ1) is 10.3. The minimum atomic E-state index is 0.357. The maximum absolute atomic E-state index is 3.86. The monoisotopic (exact) mass is 295 g/mol. The number of thioether (sulfide) groups is 1. The fourth-order valence-electron chi connectivity index (χ4n) is 3.67. The third-order valence-electron chi connectivity index (χ3n) is 4.81. The first-order valence-corrected chi connectivity index (χ1v) is 8.81. The third-order valence-corrected chi connectivity index (χ3v) is 6.35. The van der Waals surface area contributed by atoms with Gasteiger partial charge in [0, 0.05) is 11.3 Å². The molecule has 1 aliphatic heterocycles. The maximum Gasteiger partial charge on any atom is 0.0589 e. The van der Waals surface area contributed by atoms with Crippen molar-refractivity contribution in [2.75, 3.05) is 12.3 Å². The van der Waals surface area contributed by atoms with Crippen LogP contribution in [0.1, 0.15) is 36.9 Å². The maximum atomic E-state index is 3.86. The second kappa shape index (κ2) is 5.19. The smallest absolute Gasteiger partial charge is 0.0589 e. The zero-order valence-electron chi connectivity index (χ0n) is 12.4. The fourth-order valence-corrected chi connectivity index (χ4v) is 4.93. The van der Waals surface area contributed by atoms with Gasteiger partial charge in [0.05, 0.1) is 6.04 Å². The molecule has 1 aliphatic carbocycles. The zero-order chi connectivity index (χ0) is 14.3. The molecule has 2 aliphatic rings. The molecular formula is C19H21NS. The Hall–Kier alpha value is -1.25. The highest BCUT2D eigenvalue weighted by atomic mass is 32.2. The molecule has 0 saturated carbocycles. The first kappa shape index (κ1) is 13.4. The van der Waals surface area contributed by atoms with Gasteiger partial charge in [-0.1, -0.05) is 48.5 Å². The van der Waals surface area contributed by atoms with E-state index in [4.69, 9.17) is 0 Å². The van der Waals surface area contributed by atoms with Crippen molar-refractivity contribution in [2.45, 2.75) is 30.6 Å². The van der Waals surface area contributed by atoms with E-state index in [1.54, 1.807) is 0 Å². The normalized spacial score (nSPS) is 24.0. The zero-order valence-corrected chi connectivity index (χ0v) is 13.2. The molecule has 1 unspecified atom stereocenters. The summed E-state index contributed by atoms with van der Waals surface area (Å²) >= 11 is 2.13. The molecule has 1 atom stereocenters. The Kier molecular flexibility index (Phi) is 3.31. The topological polar surface area (TPSA) is 12.0 Å². The molecule has 4 rings (SSSR count). The van der Waals surface area contributed by atoms with E-state index in [1.807, 2.05) is 0 Å². The molecular weight excluding hydrogens is 274 g/mol. The molecule has 0 spiro atoms. The Bertz CT molecular complexity index is 613. The van der Waals surface area contributed by atoms with E-state index in [1.165, 1.54) is 40.8 Å². The molecule has 2 heteroatoms. The Labute approximate surface area is 131 Å². The quantitative estimate of drug-likeness (QED) is 0.886. The SMILES string of the molecule is CC1(CNC2c3ccccc3-c3ccccc32)CCCS1. The average Bonchev–Trinajstić information content (AvgIpc) is 3.08. The van der Waals surface area contributed by atoms with Gasteiger partial charge in [-0.05, 0) is 47.8 Å². The van der Waals surface area contributed by atoms with Crippen LogP contribution in [0.4, 0.5) is 0 Å². The second-order valence-electron chi connectivity index (χ2n) is 6.39. The van der Waals surface area contributed by atoms with Crippen molar-refractivity contribution in [3.05, 3.63) is 59.7 Å². The predicted octanol–water partition coefficient (Wildman–Crippen LogP) is 4.63. The van der Waals surface area contributed by atoms with Crippen molar-refractivity contribution >= 4 is 11.8 Å². The lowest BCUT2D eigenvalue weighted by Gasteiger charge is -2.26. The molecule has 0 amide bonds. The van der Waals surface area contributed by atoms with Gasteiger partial charge in [-0.3, -0.25) is 0 Å². The van der Waals surface area contributed by atoms with E-state index in [0.29, 0.717) is 10.8 Å². The summed E-state index contributed by atoms with van der Waals surface area (Å²) in [7, 11) is 0. The summed E-state index contributed by atoms with van der Waals surface area (Å²) in [5.74, 6) is 1.32. The van der Waals surface area contributed by atoms with E-state index in [9.17, 15) is 0 Å². The van der Waals surface area contributed by atoms with Gasteiger partial charge < -0.3 is 5.32 Å². The van der Waals surface area contributed by atoms with Crippen LogP contribution in [0, 0.1) is 0 Å². The summed E-state index contributed by atoms with van der Waals surface area (Å²) in [6.07, 6.45) is 2.70. The number of benzene rings is 2. The molecule has 108 valence electrons. The lowest BCUT2D eigenvalue weighted by atomic mass is 10.0. The molecule has 0 aromatic heterocycles. The van der Waals surface area contributed by atoms with E-state index < -0.39 is 0 Å². The summed E-state index contributed by atoms with van der Waals surface area (Å²) in [4.78, 5) is 0. The molecule has 1 saturated heterocycles. The molecule has 2 aromatic carbocycles. The summed E-state index contributed by atoms with van der Waals surface area (Å²) < 4.78 is 0.409. The fraction of sp³-hybridized carbons (Fsp3) is 0.368. The van der Waals surface area contributed by atoms with Gasteiger partial charge >= 0.3 is 0 Å². The van der Waals surface area contributed by atoms with Gasteiger partial charge in [0.25, 0.3) is 0 Å². The number of hydrogen-bond acceptors (Lipinski definition) is 2. The lowest BCUT2D eigenvalue weighted by Crippen LogP contribution is -2.35. The second-order valence-corrected chi connectivity index (χ2v) is 8.07. The number of fused-ring (bicyclic) bond motifs is 3. The molecule has 1 heterocycles. The van der Waals surface area contributed by atoms with Crippen molar-refractivity contribution in [3.8, 4) is 11.1 Å². The number of nitrogens with one attached hydrogen (secondary N) is 1. The minimum absolute atomic E-state index is 0.357. The van der Waals surface area contributed by atoms with Crippen molar-refractivity contribution in [1.82, 2.24) is 5.32 Å². The van der Waals surface area contributed by atoms with Crippen LogP contribution in [0.3, 0.4) is 0 Å². The van der Waals surface area contributed by atoms with Crippen LogP contribution in [0.5, 0.6) is 0 Å². The Morgan fingerprint density at radius 1 is 1.05 bits per heavy atom. The molecule has 21 heavy (non-hydrogen) atoms. The largest absolute Gasteiger partial charge is 0.305 e. The van der Waals surface area contributed by atoms with Crippen LogP contribution >= 0.6 is 11.8 Å². The minimum Gasteiger partial charge on any atom is -0.305 e.